The van der Waals surface area contributed by atoms with Gasteiger partial charge in [-0.15, -0.1) is 0 Å². The van der Waals surface area contributed by atoms with Crippen LogP contribution in [-0.2, 0) is 7.05 Å². The predicted molar refractivity (Wildman–Crippen MR) is 69.6 cm³/mol. The number of aromatic nitrogens is 2. The maximum absolute atomic E-state index is 2.22. The summed E-state index contributed by atoms with van der Waals surface area (Å²) in [5.74, 6) is 0. The second-order valence-corrected chi connectivity index (χ2v) is 4.43. The molecule has 1 aromatic carbocycles. The lowest BCUT2D eigenvalue weighted by molar-refractivity contribution is -0.632. The molecule has 2 aromatic rings. The van der Waals surface area contributed by atoms with Crippen molar-refractivity contribution in [3.63, 3.8) is 0 Å². The van der Waals surface area contributed by atoms with E-state index < -0.39 is 0 Å². The van der Waals surface area contributed by atoms with Crippen LogP contribution in [0.1, 0.15) is 5.56 Å². The van der Waals surface area contributed by atoms with E-state index in [4.69, 9.17) is 0 Å². The molecule has 0 amide bonds. The van der Waals surface area contributed by atoms with Gasteiger partial charge in [-0.3, -0.25) is 0 Å². The Bertz CT molecular complexity index is 574. The molecular weight excluding hydrogens is 209 g/mol. The van der Waals surface area contributed by atoms with Crippen molar-refractivity contribution in [2.75, 3.05) is 7.05 Å². The maximum Gasteiger partial charge on any atom is 0.676 e. The van der Waals surface area contributed by atoms with Crippen molar-refractivity contribution in [1.29, 1.82) is 0 Å². The largest absolute Gasteiger partial charge is 0.676 e. The predicted octanol–water partition coefficient (Wildman–Crippen LogP) is 0.472. The normalized spacial score (nSPS) is 14.0. The van der Waals surface area contributed by atoms with Gasteiger partial charge < -0.3 is 4.81 Å². The monoisotopic (exact) mass is 224 g/mol. The van der Waals surface area contributed by atoms with Crippen LogP contribution in [0.3, 0.4) is 0 Å². The molecule has 17 heavy (non-hydrogen) atoms. The molecule has 3 nitrogen and oxygen atoms in total. The van der Waals surface area contributed by atoms with Gasteiger partial charge >= 0.3 is 6.98 Å². The molecule has 3 rings (SSSR count). The van der Waals surface area contributed by atoms with Crippen molar-refractivity contribution in [3.8, 4) is 0 Å². The number of hydrogen-bond donors (Lipinski definition) is 0. The molecule has 0 atom stereocenters. The second-order valence-electron chi connectivity index (χ2n) is 4.43. The van der Waals surface area contributed by atoms with Crippen LogP contribution in [0.25, 0.3) is 6.08 Å². The molecule has 0 N–H and O–H groups in total. The Morgan fingerprint density at radius 1 is 1.12 bits per heavy atom. The molecule has 0 spiro atoms. The summed E-state index contributed by atoms with van der Waals surface area (Å²) in [7, 11) is 4.17. The van der Waals surface area contributed by atoms with Gasteiger partial charge in [0.05, 0.1) is 13.2 Å². The fourth-order valence-corrected chi connectivity index (χ4v) is 2.41. The van der Waals surface area contributed by atoms with E-state index in [0.29, 0.717) is 0 Å². The van der Waals surface area contributed by atoms with E-state index in [1.165, 1.54) is 11.0 Å². The lowest BCUT2D eigenvalue weighted by Gasteiger charge is -2.21. The number of rotatable bonds is 1. The van der Waals surface area contributed by atoms with Gasteiger partial charge in [0.2, 0.25) is 0 Å². The lowest BCUT2D eigenvalue weighted by Crippen LogP contribution is -2.70. The van der Waals surface area contributed by atoms with Gasteiger partial charge in [0.25, 0.3) is 0 Å². The Labute approximate surface area is 102 Å². The van der Waals surface area contributed by atoms with E-state index in [0.717, 1.165) is 0 Å². The van der Waals surface area contributed by atoms with Crippen LogP contribution in [0.4, 0.5) is 0 Å². The summed E-state index contributed by atoms with van der Waals surface area (Å²) in [5.41, 5.74) is 2.63. The third-order valence-electron chi connectivity index (χ3n) is 3.30. The fourth-order valence-electron chi connectivity index (χ4n) is 2.41. The van der Waals surface area contributed by atoms with Crippen LogP contribution < -0.4 is 10.1 Å². The van der Waals surface area contributed by atoms with E-state index in [2.05, 4.69) is 83.2 Å². The average molecular weight is 224 g/mol. The minimum atomic E-state index is 0.233. The zero-order chi connectivity index (χ0) is 11.8. The number of hydrogen-bond acceptors (Lipinski definition) is 1. The molecule has 0 unspecified atom stereocenters. The summed E-state index contributed by atoms with van der Waals surface area (Å²) < 4.78 is 4.33. The summed E-state index contributed by atoms with van der Waals surface area (Å²) in [6, 6.07) is 10.6. The highest BCUT2D eigenvalue weighted by atomic mass is 15.4. The molecule has 0 saturated carbocycles. The SMILES string of the molecule is CN1C=Cc2ccccc2B1[n+]1cccn1C. The van der Waals surface area contributed by atoms with Crippen LogP contribution >= 0.6 is 0 Å². The zero-order valence-electron chi connectivity index (χ0n) is 10.1. The van der Waals surface area contributed by atoms with Crippen molar-refractivity contribution in [2.45, 2.75) is 0 Å². The molecule has 1 aliphatic heterocycles. The molecule has 4 heteroatoms. The van der Waals surface area contributed by atoms with Crippen molar-refractivity contribution in [1.82, 2.24) is 9.49 Å². The first-order valence-corrected chi connectivity index (χ1v) is 5.79. The van der Waals surface area contributed by atoms with Crippen molar-refractivity contribution >= 4 is 18.5 Å². The molecule has 0 radical (unpaired) electrons. The summed E-state index contributed by atoms with van der Waals surface area (Å²) in [6.07, 6.45) is 8.47. The van der Waals surface area contributed by atoms with E-state index in [1.54, 1.807) is 0 Å². The Balaban J connectivity index is 2.16. The Hall–Kier alpha value is -1.97. The Morgan fingerprint density at radius 3 is 2.71 bits per heavy atom. The topological polar surface area (TPSA) is 12.1 Å². The smallest absolute Gasteiger partial charge is 0.354 e. The maximum atomic E-state index is 2.22. The third kappa shape index (κ3) is 1.57. The van der Waals surface area contributed by atoms with Crippen LogP contribution in [0.15, 0.2) is 48.9 Å². The molecule has 1 aliphatic rings. The lowest BCUT2D eigenvalue weighted by atomic mass is 9.63. The number of benzene rings is 1. The summed E-state index contributed by atoms with van der Waals surface area (Å²) >= 11 is 0. The minimum Gasteiger partial charge on any atom is -0.354 e. The van der Waals surface area contributed by atoms with Gasteiger partial charge in [-0.25, -0.2) is 0 Å². The molecule has 0 fully saturated rings. The quantitative estimate of drug-likeness (QED) is 0.641. The van der Waals surface area contributed by atoms with Gasteiger partial charge in [-0.1, -0.05) is 24.3 Å². The molecule has 0 bridgehead atoms. The van der Waals surface area contributed by atoms with Gasteiger partial charge in [-0.2, -0.15) is 9.27 Å². The third-order valence-corrected chi connectivity index (χ3v) is 3.30. The van der Waals surface area contributed by atoms with Crippen molar-refractivity contribution < 1.29 is 4.59 Å². The second kappa shape index (κ2) is 3.80. The molecular formula is C13H15BN3+. The zero-order valence-corrected chi connectivity index (χ0v) is 10.1. The first-order chi connectivity index (χ1) is 8.27. The van der Waals surface area contributed by atoms with Crippen molar-refractivity contribution in [2.24, 2.45) is 7.05 Å². The molecule has 2 heterocycles. The number of fused-ring (bicyclic) bond motifs is 1. The first kappa shape index (κ1) is 10.2. The first-order valence-electron chi connectivity index (χ1n) is 5.79. The van der Waals surface area contributed by atoms with Crippen LogP contribution in [0.5, 0.6) is 0 Å². The van der Waals surface area contributed by atoms with Gasteiger partial charge in [0.1, 0.15) is 0 Å². The molecule has 1 aromatic heterocycles. The van der Waals surface area contributed by atoms with Gasteiger partial charge in [0, 0.05) is 11.5 Å². The highest BCUT2D eigenvalue weighted by molar-refractivity contribution is 6.64. The van der Waals surface area contributed by atoms with E-state index in [-0.39, 0.29) is 6.98 Å². The summed E-state index contributed by atoms with van der Waals surface area (Å²) in [4.78, 5) is 2.22. The van der Waals surface area contributed by atoms with E-state index in [9.17, 15) is 0 Å². The highest BCUT2D eigenvalue weighted by Gasteiger charge is 2.41. The average Bonchev–Trinajstić information content (AvgIpc) is 2.75. The molecule has 0 aliphatic carbocycles. The Kier molecular flexibility index (Phi) is 2.28. The van der Waals surface area contributed by atoms with Crippen LogP contribution in [-0.4, -0.2) is 23.5 Å². The molecule has 0 saturated heterocycles. The van der Waals surface area contributed by atoms with Crippen molar-refractivity contribution in [3.05, 3.63) is 54.5 Å². The molecule has 84 valence electrons. The number of nitrogens with zero attached hydrogens (tertiary/aromatic N) is 3. The van der Waals surface area contributed by atoms with E-state index >= 15 is 0 Å². The van der Waals surface area contributed by atoms with E-state index in [1.807, 2.05) is 0 Å². The highest BCUT2D eigenvalue weighted by Crippen LogP contribution is 2.08. The van der Waals surface area contributed by atoms with Gasteiger partial charge in [-0.05, 0) is 24.9 Å². The van der Waals surface area contributed by atoms with Gasteiger partial charge in [0.15, 0.2) is 6.20 Å². The van der Waals surface area contributed by atoms with Crippen LogP contribution in [0.2, 0.25) is 0 Å². The van der Waals surface area contributed by atoms with Crippen LogP contribution in [0, 0.1) is 0 Å². The summed E-state index contributed by atoms with van der Waals surface area (Å²) in [6.45, 7) is 0.233. The summed E-state index contributed by atoms with van der Waals surface area (Å²) in [5, 5.41) is 0. The standard InChI is InChI=1S/C13H15BN3/c1-15-11-8-12-6-3-4-7-13(12)14(15)17-10-5-9-16(17)2/h3-11H,1-2H3/q+1. The fraction of sp³-hybridized carbons (Fsp3) is 0.154. The number of aryl methyl sites for hydroxylation is 1. The Morgan fingerprint density at radius 2 is 1.94 bits per heavy atom. The minimum absolute atomic E-state index is 0.233.